The van der Waals surface area contributed by atoms with E-state index in [1.165, 1.54) is 18.4 Å². The molecule has 0 radical (unpaired) electrons. The second-order valence-corrected chi connectivity index (χ2v) is 12.9. The maximum Gasteiger partial charge on any atom is 0.416 e. The molecule has 1 saturated carbocycles. The zero-order valence-electron chi connectivity index (χ0n) is 22.6. The van der Waals surface area contributed by atoms with Crippen molar-refractivity contribution in [3.05, 3.63) is 65.9 Å². The van der Waals surface area contributed by atoms with E-state index >= 15 is 0 Å². The topological polar surface area (TPSA) is 120 Å². The van der Waals surface area contributed by atoms with Crippen molar-refractivity contribution >= 4 is 33.8 Å². The fraction of sp³-hybridized carbons (Fsp3) is 0.393. The molecule has 2 fully saturated rings. The van der Waals surface area contributed by atoms with Crippen LogP contribution >= 0.6 is 10.6 Å². The quantitative estimate of drug-likeness (QED) is 0.249. The highest BCUT2D eigenvalue weighted by atomic mass is 32.3. The SMILES string of the molecule is C[C@H]1COCCN1c1cc(C2(S(C)(O)O)CCC2)nc(-c2ccc(NC(=O)Nc3ccc(C(F)(F)F)cc3)cc2)n1. The Kier molecular flexibility index (Phi) is 7.90. The number of rotatable bonds is 6. The van der Waals surface area contributed by atoms with Crippen LogP contribution in [-0.2, 0) is 15.7 Å². The van der Waals surface area contributed by atoms with E-state index in [9.17, 15) is 27.1 Å². The first kappa shape index (κ1) is 29.1. The lowest BCUT2D eigenvalue weighted by Gasteiger charge is -2.53. The van der Waals surface area contributed by atoms with Crippen LogP contribution in [-0.4, -0.2) is 57.2 Å². The normalized spacial score (nSPS) is 19.3. The number of morpholine rings is 1. The summed E-state index contributed by atoms with van der Waals surface area (Å²) in [6, 6.07) is 12.3. The molecule has 13 heteroatoms. The van der Waals surface area contributed by atoms with Gasteiger partial charge in [-0.2, -0.15) is 23.8 Å². The van der Waals surface area contributed by atoms with Gasteiger partial charge in [0.2, 0.25) is 0 Å². The molecule has 2 heterocycles. The van der Waals surface area contributed by atoms with E-state index in [2.05, 4.69) is 15.5 Å². The predicted molar refractivity (Wildman–Crippen MR) is 153 cm³/mol. The summed E-state index contributed by atoms with van der Waals surface area (Å²) in [6.45, 7) is 3.80. The lowest BCUT2D eigenvalue weighted by Crippen LogP contribution is -2.45. The van der Waals surface area contributed by atoms with Crippen molar-refractivity contribution < 1.29 is 31.8 Å². The summed E-state index contributed by atoms with van der Waals surface area (Å²) in [5.41, 5.74) is 1.14. The highest BCUT2D eigenvalue weighted by Gasteiger charge is 2.49. The van der Waals surface area contributed by atoms with E-state index in [4.69, 9.17) is 14.7 Å². The van der Waals surface area contributed by atoms with Gasteiger partial charge in [0, 0.05) is 35.8 Å². The molecule has 2 aromatic carbocycles. The third-order valence-electron chi connectivity index (χ3n) is 7.61. The van der Waals surface area contributed by atoms with Crippen LogP contribution in [0.15, 0.2) is 54.6 Å². The molecule has 2 aliphatic rings. The van der Waals surface area contributed by atoms with Gasteiger partial charge < -0.3 is 20.3 Å². The van der Waals surface area contributed by atoms with Gasteiger partial charge in [0.25, 0.3) is 0 Å². The van der Waals surface area contributed by atoms with Crippen LogP contribution in [0.5, 0.6) is 0 Å². The Morgan fingerprint density at radius 1 is 1.05 bits per heavy atom. The number of hydrogen-bond acceptors (Lipinski definition) is 7. The number of anilines is 3. The molecule has 1 aliphatic heterocycles. The minimum absolute atomic E-state index is 0.0772. The molecule has 0 unspecified atom stereocenters. The number of carbonyl (C=O) groups is 1. The number of benzene rings is 2. The van der Waals surface area contributed by atoms with Crippen LogP contribution in [0.1, 0.15) is 37.4 Å². The molecule has 1 aromatic heterocycles. The molecule has 0 spiro atoms. The average Bonchev–Trinajstić information content (AvgIpc) is 2.87. The molecule has 4 N–H and O–H groups in total. The van der Waals surface area contributed by atoms with Crippen molar-refractivity contribution in [3.63, 3.8) is 0 Å². The fourth-order valence-electron chi connectivity index (χ4n) is 5.09. The Hall–Kier alpha value is -3.39. The maximum absolute atomic E-state index is 12.8. The van der Waals surface area contributed by atoms with Gasteiger partial charge in [-0.25, -0.2) is 14.8 Å². The number of alkyl halides is 3. The minimum Gasteiger partial charge on any atom is -0.377 e. The number of carbonyl (C=O) groups excluding carboxylic acids is 1. The second kappa shape index (κ2) is 11.1. The molecule has 1 atom stereocenters. The van der Waals surface area contributed by atoms with Crippen molar-refractivity contribution in [1.29, 1.82) is 0 Å². The van der Waals surface area contributed by atoms with Gasteiger partial charge in [0.05, 0.1) is 30.5 Å². The number of ether oxygens (including phenoxy) is 1. The monoisotopic (exact) mass is 591 g/mol. The number of urea groups is 1. The highest BCUT2D eigenvalue weighted by Crippen LogP contribution is 2.65. The molecule has 1 saturated heterocycles. The van der Waals surface area contributed by atoms with E-state index < -0.39 is 33.1 Å². The van der Waals surface area contributed by atoms with Crippen molar-refractivity contribution in [3.8, 4) is 11.4 Å². The Morgan fingerprint density at radius 2 is 1.66 bits per heavy atom. The summed E-state index contributed by atoms with van der Waals surface area (Å²) in [5, 5.41) is 5.17. The number of aromatic nitrogens is 2. The van der Waals surface area contributed by atoms with Gasteiger partial charge in [-0.15, -0.1) is 0 Å². The van der Waals surface area contributed by atoms with Gasteiger partial charge in [-0.05, 0) is 74.7 Å². The summed E-state index contributed by atoms with van der Waals surface area (Å²) >= 11 is 0. The van der Waals surface area contributed by atoms with Gasteiger partial charge in [-0.3, -0.25) is 9.11 Å². The maximum atomic E-state index is 12.8. The molecular formula is C28H32F3N5O4S. The Labute approximate surface area is 237 Å². The molecule has 2 amide bonds. The summed E-state index contributed by atoms with van der Waals surface area (Å²) < 4.78 is 64.6. The van der Waals surface area contributed by atoms with Crippen molar-refractivity contribution in [1.82, 2.24) is 9.97 Å². The molecule has 9 nitrogen and oxygen atoms in total. The van der Waals surface area contributed by atoms with E-state index in [1.807, 2.05) is 13.0 Å². The molecule has 0 bridgehead atoms. The fourth-order valence-corrected chi connectivity index (χ4v) is 6.65. The zero-order chi connectivity index (χ0) is 29.4. The summed E-state index contributed by atoms with van der Waals surface area (Å²) in [5.74, 6) is 1.11. The van der Waals surface area contributed by atoms with E-state index in [0.717, 1.165) is 18.6 Å². The van der Waals surface area contributed by atoms with Crippen LogP contribution in [0.4, 0.5) is 35.2 Å². The first-order valence-electron chi connectivity index (χ1n) is 13.2. The van der Waals surface area contributed by atoms with Crippen molar-refractivity contribution in [2.45, 2.75) is 43.2 Å². The Bertz CT molecular complexity index is 1390. The van der Waals surface area contributed by atoms with E-state index in [0.29, 0.717) is 61.2 Å². The Balaban J connectivity index is 1.37. The summed E-state index contributed by atoms with van der Waals surface area (Å²) in [6.07, 6.45) is -0.862. The van der Waals surface area contributed by atoms with Crippen LogP contribution in [0, 0.1) is 0 Å². The number of nitrogens with one attached hydrogen (secondary N) is 2. The minimum atomic E-state index is -4.46. The molecule has 3 aromatic rings. The predicted octanol–water partition coefficient (Wildman–Crippen LogP) is 6.79. The third-order valence-corrected chi connectivity index (χ3v) is 9.71. The number of nitrogens with zero attached hydrogens (tertiary/aromatic N) is 3. The van der Waals surface area contributed by atoms with Crippen LogP contribution in [0.3, 0.4) is 0 Å². The number of hydrogen-bond donors (Lipinski definition) is 4. The van der Waals surface area contributed by atoms with Crippen LogP contribution in [0.2, 0.25) is 0 Å². The van der Waals surface area contributed by atoms with Gasteiger partial charge in [0.15, 0.2) is 5.82 Å². The van der Waals surface area contributed by atoms with Gasteiger partial charge in [-0.1, -0.05) is 0 Å². The summed E-state index contributed by atoms with van der Waals surface area (Å²) in [4.78, 5) is 24.2. The lowest BCUT2D eigenvalue weighted by atomic mass is 9.81. The average molecular weight is 592 g/mol. The van der Waals surface area contributed by atoms with Gasteiger partial charge in [0.1, 0.15) is 10.6 Å². The highest BCUT2D eigenvalue weighted by molar-refractivity contribution is 8.24. The first-order valence-corrected chi connectivity index (χ1v) is 15.1. The van der Waals surface area contributed by atoms with E-state index in [-0.39, 0.29) is 11.7 Å². The van der Waals surface area contributed by atoms with Crippen LogP contribution in [0.25, 0.3) is 11.4 Å². The largest absolute Gasteiger partial charge is 0.416 e. The van der Waals surface area contributed by atoms with Crippen molar-refractivity contribution in [2.24, 2.45) is 0 Å². The smallest absolute Gasteiger partial charge is 0.377 e. The molecule has 220 valence electrons. The second-order valence-electron chi connectivity index (χ2n) is 10.5. The van der Waals surface area contributed by atoms with Gasteiger partial charge >= 0.3 is 12.2 Å². The first-order chi connectivity index (χ1) is 19.4. The zero-order valence-corrected chi connectivity index (χ0v) is 23.4. The lowest BCUT2D eigenvalue weighted by molar-refractivity contribution is -0.137. The van der Waals surface area contributed by atoms with E-state index in [1.54, 1.807) is 24.3 Å². The molecule has 41 heavy (non-hydrogen) atoms. The molecular weight excluding hydrogens is 559 g/mol. The van der Waals surface area contributed by atoms with Crippen LogP contribution < -0.4 is 15.5 Å². The number of halogens is 3. The molecule has 1 aliphatic carbocycles. The van der Waals surface area contributed by atoms with Crippen molar-refractivity contribution in [2.75, 3.05) is 41.5 Å². The number of amides is 2. The Morgan fingerprint density at radius 3 is 2.17 bits per heavy atom. The standard InChI is InChI=1S/C28H32F3N5O4S/c1-18-17-40-15-14-36(18)24-16-23(27(12-3-13-27)41(2,38)39)34-25(35-24)19-4-8-21(9-5-19)32-26(37)33-22-10-6-20(7-11-22)28(29,30)31/h4-11,16,18,38-39H,3,12-15,17H2,1-2H3,(H2,32,33,37)/t18-/m0/s1. The molecule has 5 rings (SSSR count). The summed E-state index contributed by atoms with van der Waals surface area (Å²) in [7, 11) is -2.94. The third kappa shape index (κ3) is 6.13.